The van der Waals surface area contributed by atoms with Gasteiger partial charge in [-0.2, -0.15) is 0 Å². The van der Waals surface area contributed by atoms with Crippen LogP contribution in [0, 0.1) is 5.92 Å². The summed E-state index contributed by atoms with van der Waals surface area (Å²) >= 11 is 0. The fourth-order valence-corrected chi connectivity index (χ4v) is 2.97. The van der Waals surface area contributed by atoms with Crippen LogP contribution in [0.2, 0.25) is 0 Å². The molecule has 1 N–H and O–H groups in total. The lowest BCUT2D eigenvalue weighted by atomic mass is 9.88. The number of nitrogens with one attached hydrogen (secondary N) is 1. The zero-order chi connectivity index (χ0) is 12.3. The highest BCUT2D eigenvalue weighted by atomic mass is 16.2. The fourth-order valence-electron chi connectivity index (χ4n) is 2.97. The van der Waals surface area contributed by atoms with Crippen LogP contribution >= 0.6 is 0 Å². The molecule has 0 saturated carbocycles. The lowest BCUT2D eigenvalue weighted by molar-refractivity contribution is -0.127. The van der Waals surface area contributed by atoms with E-state index in [2.05, 4.69) is 5.32 Å². The highest BCUT2D eigenvalue weighted by molar-refractivity contribution is 5.88. The van der Waals surface area contributed by atoms with Gasteiger partial charge in [-0.1, -0.05) is 5.57 Å². The lowest BCUT2D eigenvalue weighted by Gasteiger charge is -2.34. The highest BCUT2D eigenvalue weighted by Gasteiger charge is 2.29. The Kier molecular flexibility index (Phi) is 4.21. The smallest absolute Gasteiger partial charge is 0.246 e. The summed E-state index contributed by atoms with van der Waals surface area (Å²) < 4.78 is 0. The number of hydrogen-bond donors (Lipinski definition) is 1. The highest BCUT2D eigenvalue weighted by Crippen LogP contribution is 2.25. The number of hydrogen-bond acceptors (Lipinski definition) is 2. The number of carbonyl (C=O) groups is 1. The average molecular weight is 236 g/mol. The summed E-state index contributed by atoms with van der Waals surface area (Å²) in [5.41, 5.74) is 1.09. The Labute approximate surface area is 104 Å². The second kappa shape index (κ2) is 5.67. The molecule has 3 heteroatoms. The van der Waals surface area contributed by atoms with Gasteiger partial charge in [0.25, 0.3) is 0 Å². The Balaban J connectivity index is 1.81. The molecule has 1 amide bonds. The molecule has 1 atom stereocenters. The summed E-state index contributed by atoms with van der Waals surface area (Å²) in [6.45, 7) is 7.01. The molecule has 0 aliphatic carbocycles. The molecule has 0 spiro atoms. The van der Waals surface area contributed by atoms with Crippen LogP contribution in [0.4, 0.5) is 0 Å². The van der Waals surface area contributed by atoms with Gasteiger partial charge in [0.15, 0.2) is 0 Å². The molecule has 2 saturated heterocycles. The number of nitrogens with zero attached hydrogens (tertiary/aromatic N) is 1. The van der Waals surface area contributed by atoms with E-state index in [4.69, 9.17) is 0 Å². The third-order valence-corrected chi connectivity index (χ3v) is 3.93. The normalized spacial score (nSPS) is 26.0. The average Bonchev–Trinajstić information content (AvgIpc) is 2.82. The van der Waals surface area contributed by atoms with Crippen LogP contribution in [0.3, 0.4) is 0 Å². The van der Waals surface area contributed by atoms with Crippen molar-refractivity contribution in [3.63, 3.8) is 0 Å². The molecule has 1 unspecified atom stereocenters. The molecule has 3 nitrogen and oxygen atoms in total. The van der Waals surface area contributed by atoms with E-state index >= 15 is 0 Å². The Bertz CT molecular complexity index is 293. The van der Waals surface area contributed by atoms with Gasteiger partial charge in [-0.25, -0.2) is 0 Å². The molecule has 0 bridgehead atoms. The maximum atomic E-state index is 11.9. The first-order valence-electron chi connectivity index (χ1n) is 6.84. The predicted molar refractivity (Wildman–Crippen MR) is 69.8 cm³/mol. The predicted octanol–water partition coefficient (Wildman–Crippen LogP) is 1.94. The van der Waals surface area contributed by atoms with Crippen molar-refractivity contribution in [1.29, 1.82) is 0 Å². The van der Waals surface area contributed by atoms with Crippen LogP contribution < -0.4 is 5.32 Å². The van der Waals surface area contributed by atoms with Crippen molar-refractivity contribution in [2.45, 2.75) is 45.6 Å². The van der Waals surface area contributed by atoms with E-state index < -0.39 is 0 Å². The number of allylic oxidation sites excluding steroid dienone is 1. The molecule has 0 aromatic carbocycles. The van der Waals surface area contributed by atoms with E-state index in [1.807, 2.05) is 18.7 Å². The first kappa shape index (κ1) is 12.6. The number of likely N-dealkylation sites (tertiary alicyclic amines) is 1. The fraction of sp³-hybridized carbons (Fsp3) is 0.786. The Hall–Kier alpha value is -0.830. The van der Waals surface area contributed by atoms with Crippen LogP contribution in [0.5, 0.6) is 0 Å². The van der Waals surface area contributed by atoms with E-state index in [-0.39, 0.29) is 5.91 Å². The zero-order valence-corrected chi connectivity index (χ0v) is 11.0. The quantitative estimate of drug-likeness (QED) is 0.743. The summed E-state index contributed by atoms with van der Waals surface area (Å²) in [6.07, 6.45) is 6.74. The van der Waals surface area contributed by atoms with E-state index in [0.29, 0.717) is 0 Å². The van der Waals surface area contributed by atoms with Gasteiger partial charge in [0.05, 0.1) is 0 Å². The summed E-state index contributed by atoms with van der Waals surface area (Å²) in [4.78, 5) is 13.9. The Morgan fingerprint density at radius 2 is 1.94 bits per heavy atom. The van der Waals surface area contributed by atoms with Gasteiger partial charge in [0.1, 0.15) is 0 Å². The number of piperidine rings is 1. The van der Waals surface area contributed by atoms with E-state index in [9.17, 15) is 4.79 Å². The summed E-state index contributed by atoms with van der Waals surface area (Å²) in [6, 6.07) is 0.718. The summed E-state index contributed by atoms with van der Waals surface area (Å²) in [5, 5.41) is 3.59. The summed E-state index contributed by atoms with van der Waals surface area (Å²) in [7, 11) is 0. The lowest BCUT2D eigenvalue weighted by Crippen LogP contribution is -2.42. The molecular formula is C14H24N2O. The molecule has 96 valence electrons. The molecule has 2 heterocycles. The summed E-state index contributed by atoms with van der Waals surface area (Å²) in [5.74, 6) is 0.982. The maximum absolute atomic E-state index is 11.9. The van der Waals surface area contributed by atoms with Gasteiger partial charge < -0.3 is 10.2 Å². The minimum Gasteiger partial charge on any atom is -0.339 e. The standard InChI is InChI=1S/C14H24N2O/c1-11(2)10-14(17)16-8-5-12(6-9-16)13-4-3-7-15-13/h10,12-13,15H,3-9H2,1-2H3. The topological polar surface area (TPSA) is 32.3 Å². The molecule has 2 rings (SSSR count). The van der Waals surface area contributed by atoms with Crippen LogP contribution in [0.25, 0.3) is 0 Å². The molecule has 17 heavy (non-hydrogen) atoms. The van der Waals surface area contributed by atoms with Crippen molar-refractivity contribution in [1.82, 2.24) is 10.2 Å². The van der Waals surface area contributed by atoms with Crippen LogP contribution in [0.1, 0.15) is 39.5 Å². The molecular weight excluding hydrogens is 212 g/mol. The van der Waals surface area contributed by atoms with Gasteiger partial charge in [0, 0.05) is 25.2 Å². The van der Waals surface area contributed by atoms with Gasteiger partial charge in [0.2, 0.25) is 5.91 Å². The van der Waals surface area contributed by atoms with Crippen LogP contribution in [-0.4, -0.2) is 36.5 Å². The number of amides is 1. The van der Waals surface area contributed by atoms with Crippen LogP contribution in [0.15, 0.2) is 11.6 Å². The van der Waals surface area contributed by atoms with E-state index in [1.165, 1.54) is 32.2 Å². The molecule has 0 radical (unpaired) electrons. The van der Waals surface area contributed by atoms with E-state index in [1.54, 1.807) is 6.08 Å². The zero-order valence-electron chi connectivity index (χ0n) is 11.0. The van der Waals surface area contributed by atoms with Crippen molar-refractivity contribution < 1.29 is 4.79 Å². The second-order valence-electron chi connectivity index (χ2n) is 5.59. The third-order valence-electron chi connectivity index (χ3n) is 3.93. The Morgan fingerprint density at radius 1 is 1.24 bits per heavy atom. The van der Waals surface area contributed by atoms with Gasteiger partial charge >= 0.3 is 0 Å². The van der Waals surface area contributed by atoms with Gasteiger partial charge in [-0.3, -0.25) is 4.79 Å². The number of rotatable bonds is 2. The molecule has 0 aromatic heterocycles. The largest absolute Gasteiger partial charge is 0.339 e. The number of carbonyl (C=O) groups excluding carboxylic acids is 1. The minimum atomic E-state index is 0.197. The van der Waals surface area contributed by atoms with Crippen molar-refractivity contribution >= 4 is 5.91 Å². The van der Waals surface area contributed by atoms with Crippen molar-refractivity contribution in [2.75, 3.05) is 19.6 Å². The minimum absolute atomic E-state index is 0.197. The SMILES string of the molecule is CC(C)=CC(=O)N1CCC(C2CCCN2)CC1. The molecule has 0 aromatic rings. The Morgan fingerprint density at radius 3 is 2.47 bits per heavy atom. The van der Waals surface area contributed by atoms with Gasteiger partial charge in [-0.15, -0.1) is 0 Å². The monoisotopic (exact) mass is 236 g/mol. The van der Waals surface area contributed by atoms with Crippen LogP contribution in [-0.2, 0) is 4.79 Å². The third kappa shape index (κ3) is 3.32. The van der Waals surface area contributed by atoms with Gasteiger partial charge in [-0.05, 0) is 52.0 Å². The first-order valence-corrected chi connectivity index (χ1v) is 6.84. The van der Waals surface area contributed by atoms with Crippen molar-refractivity contribution in [2.24, 2.45) is 5.92 Å². The van der Waals surface area contributed by atoms with E-state index in [0.717, 1.165) is 30.6 Å². The maximum Gasteiger partial charge on any atom is 0.246 e. The molecule has 2 aliphatic heterocycles. The molecule has 2 fully saturated rings. The van der Waals surface area contributed by atoms with Crippen molar-refractivity contribution in [3.05, 3.63) is 11.6 Å². The molecule has 2 aliphatic rings. The second-order valence-corrected chi connectivity index (χ2v) is 5.59. The first-order chi connectivity index (χ1) is 8.16. The van der Waals surface area contributed by atoms with Crippen molar-refractivity contribution in [3.8, 4) is 0 Å².